The number of nitrogens with two attached hydrogens (primary N) is 1. The van der Waals surface area contributed by atoms with Crippen molar-refractivity contribution >= 4 is 5.91 Å². The molecule has 0 radical (unpaired) electrons. The molecule has 5 nitrogen and oxygen atoms in total. The number of amides is 1. The van der Waals surface area contributed by atoms with Gasteiger partial charge in [0.2, 0.25) is 5.91 Å². The highest BCUT2D eigenvalue weighted by atomic mass is 16.1. The van der Waals surface area contributed by atoms with E-state index in [4.69, 9.17) is 5.73 Å². The Labute approximate surface area is 101 Å². The number of primary amides is 1. The van der Waals surface area contributed by atoms with Crippen molar-refractivity contribution in [3.05, 3.63) is 23.3 Å². The standard InChI is InChI=1S/C12H18N4O/c1-8-7-9(4-5-11(13)17)16-12(15-8)10-3-2-6-14-10/h7,10,14H,2-6H2,1H3,(H2,13,17)/t10-/m0/s1. The molecule has 0 spiro atoms. The average molecular weight is 234 g/mol. The lowest BCUT2D eigenvalue weighted by atomic mass is 10.1. The molecule has 0 saturated carbocycles. The summed E-state index contributed by atoms with van der Waals surface area (Å²) in [7, 11) is 0. The third kappa shape index (κ3) is 3.23. The lowest BCUT2D eigenvalue weighted by Crippen LogP contribution is -2.18. The summed E-state index contributed by atoms with van der Waals surface area (Å²) in [6.07, 6.45) is 3.18. The van der Waals surface area contributed by atoms with Gasteiger partial charge in [-0.15, -0.1) is 0 Å². The minimum atomic E-state index is -0.290. The molecule has 0 unspecified atom stereocenters. The lowest BCUT2D eigenvalue weighted by Gasteiger charge is -2.11. The van der Waals surface area contributed by atoms with Gasteiger partial charge in [0.25, 0.3) is 0 Å². The maximum Gasteiger partial charge on any atom is 0.217 e. The van der Waals surface area contributed by atoms with E-state index < -0.39 is 0 Å². The van der Waals surface area contributed by atoms with Gasteiger partial charge in [-0.3, -0.25) is 4.79 Å². The van der Waals surface area contributed by atoms with Crippen molar-refractivity contribution in [2.45, 2.75) is 38.6 Å². The van der Waals surface area contributed by atoms with E-state index in [0.29, 0.717) is 12.8 Å². The number of nitrogens with one attached hydrogen (secondary N) is 1. The van der Waals surface area contributed by atoms with Crippen LogP contribution >= 0.6 is 0 Å². The first-order chi connectivity index (χ1) is 8.15. The number of carbonyl (C=O) groups is 1. The summed E-state index contributed by atoms with van der Waals surface area (Å²) in [4.78, 5) is 19.7. The van der Waals surface area contributed by atoms with Crippen LogP contribution in [-0.4, -0.2) is 22.4 Å². The van der Waals surface area contributed by atoms with Crippen molar-refractivity contribution in [2.75, 3.05) is 6.54 Å². The number of nitrogens with zero attached hydrogens (tertiary/aromatic N) is 2. The predicted octanol–water partition coefficient (Wildman–Crippen LogP) is 0.627. The predicted molar refractivity (Wildman–Crippen MR) is 64.3 cm³/mol. The van der Waals surface area contributed by atoms with Crippen LogP contribution in [0, 0.1) is 6.92 Å². The zero-order chi connectivity index (χ0) is 12.3. The summed E-state index contributed by atoms with van der Waals surface area (Å²) in [5, 5.41) is 3.38. The van der Waals surface area contributed by atoms with E-state index >= 15 is 0 Å². The summed E-state index contributed by atoms with van der Waals surface area (Å²) < 4.78 is 0. The number of rotatable bonds is 4. The van der Waals surface area contributed by atoms with Crippen molar-refractivity contribution in [3.8, 4) is 0 Å². The van der Waals surface area contributed by atoms with E-state index in [2.05, 4.69) is 15.3 Å². The third-order valence-electron chi connectivity index (χ3n) is 2.92. The van der Waals surface area contributed by atoms with Gasteiger partial charge >= 0.3 is 0 Å². The molecule has 1 fully saturated rings. The van der Waals surface area contributed by atoms with Crippen molar-refractivity contribution in [1.29, 1.82) is 0 Å². The summed E-state index contributed by atoms with van der Waals surface area (Å²) in [5.41, 5.74) is 6.99. The number of hydrogen-bond donors (Lipinski definition) is 2. The largest absolute Gasteiger partial charge is 0.370 e. The fraction of sp³-hybridized carbons (Fsp3) is 0.583. The molecular weight excluding hydrogens is 216 g/mol. The molecule has 0 aromatic carbocycles. The molecule has 5 heteroatoms. The Morgan fingerprint density at radius 1 is 1.59 bits per heavy atom. The van der Waals surface area contributed by atoms with Gasteiger partial charge in [-0.2, -0.15) is 0 Å². The van der Waals surface area contributed by atoms with Crippen LogP contribution in [0.4, 0.5) is 0 Å². The Morgan fingerprint density at radius 2 is 2.41 bits per heavy atom. The zero-order valence-electron chi connectivity index (χ0n) is 10.1. The topological polar surface area (TPSA) is 80.9 Å². The molecule has 0 aliphatic carbocycles. The fourth-order valence-electron chi connectivity index (χ4n) is 2.10. The molecule has 92 valence electrons. The molecule has 3 N–H and O–H groups in total. The van der Waals surface area contributed by atoms with Crippen LogP contribution < -0.4 is 11.1 Å². The summed E-state index contributed by atoms with van der Waals surface area (Å²) >= 11 is 0. The minimum absolute atomic E-state index is 0.266. The van der Waals surface area contributed by atoms with Crippen molar-refractivity contribution in [1.82, 2.24) is 15.3 Å². The van der Waals surface area contributed by atoms with Crippen LogP contribution in [0.1, 0.15) is 42.5 Å². The van der Waals surface area contributed by atoms with Crippen LogP contribution in [0.3, 0.4) is 0 Å². The van der Waals surface area contributed by atoms with E-state index in [-0.39, 0.29) is 11.9 Å². The highest BCUT2D eigenvalue weighted by Gasteiger charge is 2.19. The van der Waals surface area contributed by atoms with E-state index in [1.54, 1.807) is 0 Å². The SMILES string of the molecule is Cc1cc(CCC(N)=O)nc([C@@H]2CCCN2)n1. The Bertz CT molecular complexity index is 413. The van der Waals surface area contributed by atoms with Crippen molar-refractivity contribution < 1.29 is 4.79 Å². The van der Waals surface area contributed by atoms with E-state index in [9.17, 15) is 4.79 Å². The molecule has 1 atom stereocenters. The van der Waals surface area contributed by atoms with Gasteiger partial charge in [-0.25, -0.2) is 9.97 Å². The minimum Gasteiger partial charge on any atom is -0.370 e. The maximum absolute atomic E-state index is 10.8. The van der Waals surface area contributed by atoms with Gasteiger partial charge in [0.15, 0.2) is 0 Å². The highest BCUT2D eigenvalue weighted by molar-refractivity contribution is 5.73. The van der Waals surface area contributed by atoms with Crippen LogP contribution in [0.25, 0.3) is 0 Å². The third-order valence-corrected chi connectivity index (χ3v) is 2.92. The number of aromatic nitrogens is 2. The molecule has 1 saturated heterocycles. The van der Waals surface area contributed by atoms with Gasteiger partial charge in [-0.1, -0.05) is 0 Å². The zero-order valence-corrected chi connectivity index (χ0v) is 10.1. The lowest BCUT2D eigenvalue weighted by molar-refractivity contribution is -0.118. The molecule has 17 heavy (non-hydrogen) atoms. The van der Waals surface area contributed by atoms with Crippen LogP contribution in [0.2, 0.25) is 0 Å². The van der Waals surface area contributed by atoms with Crippen LogP contribution in [0.15, 0.2) is 6.07 Å². The molecule has 2 rings (SSSR count). The normalized spacial score (nSPS) is 19.5. The Kier molecular flexibility index (Phi) is 3.68. The first-order valence-corrected chi connectivity index (χ1v) is 6.01. The summed E-state index contributed by atoms with van der Waals surface area (Å²) in [5.74, 6) is 0.559. The van der Waals surface area contributed by atoms with Crippen LogP contribution in [-0.2, 0) is 11.2 Å². The van der Waals surface area contributed by atoms with E-state index in [1.165, 1.54) is 6.42 Å². The summed E-state index contributed by atoms with van der Waals surface area (Å²) in [6, 6.07) is 2.18. The number of aryl methyl sites for hydroxylation is 2. The molecule has 1 aromatic rings. The average Bonchev–Trinajstić information content (AvgIpc) is 2.79. The maximum atomic E-state index is 10.8. The molecule has 1 aliphatic heterocycles. The molecule has 2 heterocycles. The monoisotopic (exact) mass is 234 g/mol. The van der Waals surface area contributed by atoms with Gasteiger partial charge in [0, 0.05) is 17.8 Å². The van der Waals surface area contributed by atoms with E-state index in [1.807, 2.05) is 13.0 Å². The molecule has 1 aliphatic rings. The first kappa shape index (κ1) is 12.0. The molecule has 1 aromatic heterocycles. The van der Waals surface area contributed by atoms with Crippen molar-refractivity contribution in [2.24, 2.45) is 5.73 Å². The smallest absolute Gasteiger partial charge is 0.217 e. The van der Waals surface area contributed by atoms with Gasteiger partial charge in [-0.05, 0) is 38.8 Å². The van der Waals surface area contributed by atoms with Gasteiger partial charge < -0.3 is 11.1 Å². The van der Waals surface area contributed by atoms with Gasteiger partial charge in [0.1, 0.15) is 5.82 Å². The first-order valence-electron chi connectivity index (χ1n) is 6.01. The Hall–Kier alpha value is -1.49. The second-order valence-corrected chi connectivity index (χ2v) is 4.47. The second kappa shape index (κ2) is 5.23. The van der Waals surface area contributed by atoms with Gasteiger partial charge in [0.05, 0.1) is 6.04 Å². The van der Waals surface area contributed by atoms with Crippen molar-refractivity contribution in [3.63, 3.8) is 0 Å². The Balaban J connectivity index is 2.13. The summed E-state index contributed by atoms with van der Waals surface area (Å²) in [6.45, 7) is 2.98. The number of carbonyl (C=O) groups excluding carboxylic acids is 1. The highest BCUT2D eigenvalue weighted by Crippen LogP contribution is 2.20. The molecular formula is C12H18N4O. The Morgan fingerprint density at radius 3 is 3.06 bits per heavy atom. The molecule has 1 amide bonds. The van der Waals surface area contributed by atoms with E-state index in [0.717, 1.165) is 30.2 Å². The fourth-order valence-corrected chi connectivity index (χ4v) is 2.10. The second-order valence-electron chi connectivity index (χ2n) is 4.47. The number of hydrogen-bond acceptors (Lipinski definition) is 4. The molecule has 0 bridgehead atoms. The van der Waals surface area contributed by atoms with Crippen LogP contribution in [0.5, 0.6) is 0 Å². The quantitative estimate of drug-likeness (QED) is 0.800.